The van der Waals surface area contributed by atoms with Crippen molar-refractivity contribution in [2.45, 2.75) is 4.90 Å². The summed E-state index contributed by atoms with van der Waals surface area (Å²) in [4.78, 5) is 12.7. The summed E-state index contributed by atoms with van der Waals surface area (Å²) in [6, 6.07) is 18.9. The number of nitrogens with one attached hydrogen (secondary N) is 1. The maximum Gasteiger partial charge on any atom is 0.264 e. The first-order valence-corrected chi connectivity index (χ1v) is 11.0. The monoisotopic (exact) mass is 464 g/mol. The van der Waals surface area contributed by atoms with Gasteiger partial charge < -0.3 is 10.1 Å². The van der Waals surface area contributed by atoms with E-state index in [2.05, 4.69) is 5.32 Å². The SMILES string of the molecule is COc1ccc(NC(=O)CN(c2ccc(Cl)cc2Cl)S(=O)(=O)c2ccccc2)cc1. The number of nitrogens with zero attached hydrogens (tertiary/aromatic N) is 1. The van der Waals surface area contributed by atoms with E-state index in [1.54, 1.807) is 42.5 Å². The third kappa shape index (κ3) is 5.05. The number of benzene rings is 3. The van der Waals surface area contributed by atoms with Gasteiger partial charge in [-0.05, 0) is 54.6 Å². The van der Waals surface area contributed by atoms with E-state index in [4.69, 9.17) is 27.9 Å². The summed E-state index contributed by atoms with van der Waals surface area (Å²) < 4.78 is 32.6. The van der Waals surface area contributed by atoms with Crippen molar-refractivity contribution in [2.24, 2.45) is 0 Å². The van der Waals surface area contributed by atoms with Crippen molar-refractivity contribution >= 4 is 50.5 Å². The van der Waals surface area contributed by atoms with Gasteiger partial charge >= 0.3 is 0 Å². The molecule has 0 bridgehead atoms. The number of sulfonamides is 1. The van der Waals surface area contributed by atoms with E-state index in [0.29, 0.717) is 16.5 Å². The molecule has 0 aromatic heterocycles. The first-order valence-electron chi connectivity index (χ1n) is 8.78. The Morgan fingerprint density at radius 3 is 2.27 bits per heavy atom. The summed E-state index contributed by atoms with van der Waals surface area (Å²) in [7, 11) is -2.53. The van der Waals surface area contributed by atoms with Gasteiger partial charge in [-0.25, -0.2) is 8.42 Å². The third-order valence-electron chi connectivity index (χ3n) is 4.17. The van der Waals surface area contributed by atoms with Gasteiger partial charge in [-0.2, -0.15) is 0 Å². The zero-order valence-electron chi connectivity index (χ0n) is 15.9. The number of halogens is 2. The van der Waals surface area contributed by atoms with Crippen LogP contribution in [0.25, 0.3) is 0 Å². The van der Waals surface area contributed by atoms with Crippen molar-refractivity contribution in [3.63, 3.8) is 0 Å². The summed E-state index contributed by atoms with van der Waals surface area (Å²) >= 11 is 12.2. The molecule has 0 aliphatic carbocycles. The number of hydrogen-bond acceptors (Lipinski definition) is 4. The predicted octanol–water partition coefficient (Wildman–Crippen LogP) is 4.84. The van der Waals surface area contributed by atoms with Crippen LogP contribution in [0.4, 0.5) is 11.4 Å². The molecule has 3 rings (SSSR count). The number of carbonyl (C=O) groups excluding carboxylic acids is 1. The van der Waals surface area contributed by atoms with Crippen LogP contribution in [-0.4, -0.2) is 28.0 Å². The minimum Gasteiger partial charge on any atom is -0.497 e. The molecular formula is C21H18Cl2N2O4S. The molecule has 0 atom stereocenters. The molecule has 156 valence electrons. The van der Waals surface area contributed by atoms with E-state index >= 15 is 0 Å². The quantitative estimate of drug-likeness (QED) is 0.542. The Hall–Kier alpha value is -2.74. The van der Waals surface area contributed by atoms with Crippen molar-refractivity contribution in [2.75, 3.05) is 23.3 Å². The van der Waals surface area contributed by atoms with Crippen LogP contribution >= 0.6 is 23.2 Å². The molecular weight excluding hydrogens is 447 g/mol. The zero-order chi connectivity index (χ0) is 21.7. The van der Waals surface area contributed by atoms with Crippen molar-refractivity contribution in [1.82, 2.24) is 0 Å². The lowest BCUT2D eigenvalue weighted by Gasteiger charge is -2.25. The smallest absolute Gasteiger partial charge is 0.264 e. The highest BCUT2D eigenvalue weighted by Gasteiger charge is 2.28. The first kappa shape index (κ1) is 22.0. The maximum atomic E-state index is 13.3. The van der Waals surface area contributed by atoms with Gasteiger partial charge in [0, 0.05) is 10.7 Å². The second kappa shape index (κ2) is 9.38. The molecule has 6 nitrogen and oxygen atoms in total. The molecule has 0 aliphatic heterocycles. The Bertz CT molecular complexity index is 1140. The van der Waals surface area contributed by atoms with E-state index in [0.717, 1.165) is 4.31 Å². The van der Waals surface area contributed by atoms with Gasteiger partial charge in [-0.3, -0.25) is 9.10 Å². The van der Waals surface area contributed by atoms with Crippen LogP contribution in [-0.2, 0) is 14.8 Å². The summed E-state index contributed by atoms with van der Waals surface area (Å²) in [5.41, 5.74) is 0.648. The minimum absolute atomic E-state index is 0.0354. The molecule has 0 fully saturated rings. The number of rotatable bonds is 7. The molecule has 3 aromatic rings. The molecule has 0 unspecified atom stereocenters. The van der Waals surface area contributed by atoms with Gasteiger partial charge in [0.15, 0.2) is 0 Å². The fraction of sp³-hybridized carbons (Fsp3) is 0.0952. The largest absolute Gasteiger partial charge is 0.497 e. The molecule has 0 heterocycles. The molecule has 0 spiro atoms. The first-order chi connectivity index (χ1) is 14.3. The average molecular weight is 465 g/mol. The molecule has 1 amide bonds. The van der Waals surface area contributed by atoms with Crippen molar-refractivity contribution < 1.29 is 17.9 Å². The van der Waals surface area contributed by atoms with Crippen LogP contribution in [0.2, 0.25) is 10.0 Å². The Labute approximate surface area is 185 Å². The van der Waals surface area contributed by atoms with Crippen LogP contribution < -0.4 is 14.4 Å². The van der Waals surface area contributed by atoms with Gasteiger partial charge in [0.1, 0.15) is 12.3 Å². The Kier molecular flexibility index (Phi) is 6.87. The van der Waals surface area contributed by atoms with E-state index in [9.17, 15) is 13.2 Å². The summed E-state index contributed by atoms with van der Waals surface area (Å²) in [6.07, 6.45) is 0. The third-order valence-corrected chi connectivity index (χ3v) is 6.48. The summed E-state index contributed by atoms with van der Waals surface area (Å²) in [5.74, 6) is 0.0971. The molecule has 30 heavy (non-hydrogen) atoms. The molecule has 0 radical (unpaired) electrons. The Balaban J connectivity index is 1.94. The van der Waals surface area contributed by atoms with E-state index in [-0.39, 0.29) is 15.6 Å². The molecule has 0 aliphatic rings. The van der Waals surface area contributed by atoms with Crippen molar-refractivity contribution in [3.05, 3.63) is 82.8 Å². The highest BCUT2D eigenvalue weighted by Crippen LogP contribution is 2.32. The molecule has 0 saturated carbocycles. The topological polar surface area (TPSA) is 75.7 Å². The van der Waals surface area contributed by atoms with Gasteiger partial charge in [-0.1, -0.05) is 41.4 Å². The van der Waals surface area contributed by atoms with Crippen molar-refractivity contribution in [3.8, 4) is 5.75 Å². The standard InChI is InChI=1S/C21H18Cl2N2O4S/c1-29-17-10-8-16(9-11-17)24-21(26)14-25(20-12-7-15(22)13-19(20)23)30(27,28)18-5-3-2-4-6-18/h2-13H,14H2,1H3,(H,24,26). The number of hydrogen-bond donors (Lipinski definition) is 1. The number of methoxy groups -OCH3 is 1. The molecule has 0 saturated heterocycles. The average Bonchev–Trinajstić information content (AvgIpc) is 2.73. The van der Waals surface area contributed by atoms with Gasteiger partial charge in [-0.15, -0.1) is 0 Å². The zero-order valence-corrected chi connectivity index (χ0v) is 18.2. The number of anilines is 2. The summed E-state index contributed by atoms with van der Waals surface area (Å²) in [5, 5.41) is 3.14. The van der Waals surface area contributed by atoms with Crippen molar-refractivity contribution in [1.29, 1.82) is 0 Å². The molecule has 9 heteroatoms. The lowest BCUT2D eigenvalue weighted by molar-refractivity contribution is -0.114. The van der Waals surface area contributed by atoms with E-state index in [1.807, 2.05) is 0 Å². The van der Waals surface area contributed by atoms with Crippen LogP contribution in [0.3, 0.4) is 0 Å². The second-order valence-electron chi connectivity index (χ2n) is 6.20. The van der Waals surface area contributed by atoms with Crippen LogP contribution in [0.15, 0.2) is 77.7 Å². The van der Waals surface area contributed by atoms with Crippen LogP contribution in [0.5, 0.6) is 5.75 Å². The van der Waals surface area contributed by atoms with Gasteiger partial charge in [0.25, 0.3) is 10.0 Å². The van der Waals surface area contributed by atoms with E-state index in [1.165, 1.54) is 37.4 Å². The molecule has 1 N–H and O–H groups in total. The molecule has 3 aromatic carbocycles. The lowest BCUT2D eigenvalue weighted by Crippen LogP contribution is -2.38. The van der Waals surface area contributed by atoms with Gasteiger partial charge in [0.05, 0.1) is 22.7 Å². The maximum absolute atomic E-state index is 13.3. The summed E-state index contributed by atoms with van der Waals surface area (Å²) in [6.45, 7) is -0.482. The Morgan fingerprint density at radius 2 is 1.67 bits per heavy atom. The highest BCUT2D eigenvalue weighted by atomic mass is 35.5. The normalized spacial score (nSPS) is 11.0. The predicted molar refractivity (Wildman–Crippen MR) is 119 cm³/mol. The lowest BCUT2D eigenvalue weighted by atomic mass is 10.3. The van der Waals surface area contributed by atoms with Gasteiger partial charge in [0.2, 0.25) is 5.91 Å². The minimum atomic E-state index is -4.06. The Morgan fingerprint density at radius 1 is 1.00 bits per heavy atom. The fourth-order valence-corrected chi connectivity index (χ4v) is 4.73. The number of carbonyl (C=O) groups is 1. The second-order valence-corrected chi connectivity index (χ2v) is 8.90. The fourth-order valence-electron chi connectivity index (χ4n) is 2.71. The van der Waals surface area contributed by atoms with Crippen LogP contribution in [0, 0.1) is 0 Å². The highest BCUT2D eigenvalue weighted by molar-refractivity contribution is 7.92. The number of ether oxygens (including phenoxy) is 1. The van der Waals surface area contributed by atoms with E-state index < -0.39 is 22.5 Å². The number of amides is 1. The van der Waals surface area contributed by atoms with Crippen LogP contribution in [0.1, 0.15) is 0 Å².